The van der Waals surface area contributed by atoms with Crippen LogP contribution in [0.15, 0.2) is 24.3 Å². The molecule has 1 aliphatic rings. The fourth-order valence-electron chi connectivity index (χ4n) is 2.37. The lowest BCUT2D eigenvalue weighted by Gasteiger charge is -2.21. The van der Waals surface area contributed by atoms with Gasteiger partial charge in [-0.25, -0.2) is 0 Å². The number of halogens is 1. The molecule has 0 aromatic heterocycles. The lowest BCUT2D eigenvalue weighted by molar-refractivity contribution is 0.246. The summed E-state index contributed by atoms with van der Waals surface area (Å²) in [6.07, 6.45) is 8.15. The summed E-state index contributed by atoms with van der Waals surface area (Å²) in [6.45, 7) is 0.800. The van der Waals surface area contributed by atoms with E-state index in [1.165, 1.54) is 38.5 Å². The first kappa shape index (κ1) is 11.8. The van der Waals surface area contributed by atoms with E-state index in [4.69, 9.17) is 16.3 Å². The first-order valence-corrected chi connectivity index (χ1v) is 6.61. The second kappa shape index (κ2) is 6.15. The summed E-state index contributed by atoms with van der Waals surface area (Å²) in [5.74, 6) is 1.69. The molecule has 0 saturated heterocycles. The SMILES string of the molecule is Clc1ccccc1OCCC1CCCCC1. The Kier molecular flexibility index (Phi) is 4.53. The minimum atomic E-state index is 0.714. The van der Waals surface area contributed by atoms with E-state index < -0.39 is 0 Å². The molecule has 1 saturated carbocycles. The molecule has 0 unspecified atom stereocenters. The molecule has 16 heavy (non-hydrogen) atoms. The van der Waals surface area contributed by atoms with Crippen LogP contribution in [-0.4, -0.2) is 6.61 Å². The van der Waals surface area contributed by atoms with Crippen LogP contribution in [0.5, 0.6) is 5.75 Å². The van der Waals surface area contributed by atoms with E-state index in [0.29, 0.717) is 5.02 Å². The molecule has 1 aromatic carbocycles. The van der Waals surface area contributed by atoms with Gasteiger partial charge < -0.3 is 4.74 Å². The van der Waals surface area contributed by atoms with E-state index in [-0.39, 0.29) is 0 Å². The maximum Gasteiger partial charge on any atom is 0.137 e. The number of para-hydroxylation sites is 1. The van der Waals surface area contributed by atoms with Crippen LogP contribution >= 0.6 is 11.6 Å². The van der Waals surface area contributed by atoms with Crippen molar-refractivity contribution in [1.82, 2.24) is 0 Å². The normalized spacial score (nSPS) is 17.3. The van der Waals surface area contributed by atoms with Crippen molar-refractivity contribution in [2.24, 2.45) is 5.92 Å². The molecule has 88 valence electrons. The zero-order valence-corrected chi connectivity index (χ0v) is 10.4. The molecule has 0 radical (unpaired) electrons. The molecule has 1 nitrogen and oxygen atoms in total. The minimum absolute atomic E-state index is 0.714. The molecule has 0 N–H and O–H groups in total. The van der Waals surface area contributed by atoms with E-state index >= 15 is 0 Å². The van der Waals surface area contributed by atoms with Crippen molar-refractivity contribution in [2.45, 2.75) is 38.5 Å². The second-order valence-electron chi connectivity index (χ2n) is 4.57. The summed E-state index contributed by atoms with van der Waals surface area (Å²) >= 11 is 6.02. The van der Waals surface area contributed by atoms with Crippen molar-refractivity contribution in [3.63, 3.8) is 0 Å². The number of ether oxygens (including phenoxy) is 1. The van der Waals surface area contributed by atoms with Gasteiger partial charge >= 0.3 is 0 Å². The van der Waals surface area contributed by atoms with Gasteiger partial charge in [-0.15, -0.1) is 0 Å². The van der Waals surface area contributed by atoms with Gasteiger partial charge in [0.1, 0.15) is 5.75 Å². The highest BCUT2D eigenvalue weighted by Crippen LogP contribution is 2.27. The van der Waals surface area contributed by atoms with Crippen molar-refractivity contribution in [1.29, 1.82) is 0 Å². The van der Waals surface area contributed by atoms with E-state index in [0.717, 1.165) is 18.3 Å². The average Bonchev–Trinajstić information content (AvgIpc) is 2.33. The van der Waals surface area contributed by atoms with Gasteiger partial charge in [0.15, 0.2) is 0 Å². The fraction of sp³-hybridized carbons (Fsp3) is 0.571. The van der Waals surface area contributed by atoms with E-state index in [1.807, 2.05) is 24.3 Å². The molecule has 1 aromatic rings. The zero-order chi connectivity index (χ0) is 11.2. The van der Waals surface area contributed by atoms with Crippen molar-refractivity contribution in [2.75, 3.05) is 6.61 Å². The largest absolute Gasteiger partial charge is 0.492 e. The van der Waals surface area contributed by atoms with Gasteiger partial charge in [0, 0.05) is 0 Å². The summed E-state index contributed by atoms with van der Waals surface area (Å²) in [6, 6.07) is 7.69. The van der Waals surface area contributed by atoms with Crippen molar-refractivity contribution >= 4 is 11.6 Å². The monoisotopic (exact) mass is 238 g/mol. The third kappa shape index (κ3) is 3.41. The van der Waals surface area contributed by atoms with Crippen molar-refractivity contribution in [3.8, 4) is 5.75 Å². The Morgan fingerprint density at radius 3 is 2.62 bits per heavy atom. The van der Waals surface area contributed by atoms with Gasteiger partial charge in [0.05, 0.1) is 11.6 Å². The molecule has 0 heterocycles. The van der Waals surface area contributed by atoms with Gasteiger partial charge in [-0.3, -0.25) is 0 Å². The van der Waals surface area contributed by atoms with Gasteiger partial charge in [-0.05, 0) is 24.5 Å². The van der Waals surface area contributed by atoms with E-state index in [9.17, 15) is 0 Å². The van der Waals surface area contributed by atoms with Crippen molar-refractivity contribution < 1.29 is 4.74 Å². The molecule has 1 fully saturated rings. The Labute approximate surface area is 103 Å². The molecule has 0 atom stereocenters. The second-order valence-corrected chi connectivity index (χ2v) is 4.98. The number of hydrogen-bond acceptors (Lipinski definition) is 1. The Morgan fingerprint density at radius 2 is 1.88 bits per heavy atom. The minimum Gasteiger partial charge on any atom is -0.492 e. The Morgan fingerprint density at radius 1 is 1.12 bits per heavy atom. The predicted octanol–water partition coefficient (Wildman–Crippen LogP) is 4.69. The Balaban J connectivity index is 1.73. The van der Waals surface area contributed by atoms with E-state index in [2.05, 4.69) is 0 Å². The Hall–Kier alpha value is -0.690. The quantitative estimate of drug-likeness (QED) is 0.740. The van der Waals surface area contributed by atoms with Gasteiger partial charge in [0.25, 0.3) is 0 Å². The predicted molar refractivity (Wildman–Crippen MR) is 68.1 cm³/mol. The molecule has 0 aliphatic heterocycles. The van der Waals surface area contributed by atoms with Gasteiger partial charge in [0.2, 0.25) is 0 Å². The summed E-state index contributed by atoms with van der Waals surface area (Å²) in [4.78, 5) is 0. The van der Waals surface area contributed by atoms with Crippen molar-refractivity contribution in [3.05, 3.63) is 29.3 Å². The lowest BCUT2D eigenvalue weighted by atomic mass is 9.87. The van der Waals surface area contributed by atoms with Crippen LogP contribution in [0.2, 0.25) is 5.02 Å². The number of hydrogen-bond donors (Lipinski definition) is 0. The first-order valence-electron chi connectivity index (χ1n) is 6.23. The highest BCUT2D eigenvalue weighted by Gasteiger charge is 2.13. The van der Waals surface area contributed by atoms with Crippen LogP contribution in [0.4, 0.5) is 0 Å². The molecule has 0 amide bonds. The summed E-state index contributed by atoms with van der Waals surface area (Å²) in [5, 5.41) is 0.714. The fourth-order valence-corrected chi connectivity index (χ4v) is 2.56. The molecule has 0 bridgehead atoms. The molecule has 1 aliphatic carbocycles. The maximum atomic E-state index is 6.02. The molecule has 2 heteroatoms. The first-order chi connectivity index (χ1) is 7.86. The summed E-state index contributed by atoms with van der Waals surface area (Å²) in [5.41, 5.74) is 0. The summed E-state index contributed by atoms with van der Waals surface area (Å²) < 4.78 is 5.71. The van der Waals surface area contributed by atoms with Crippen LogP contribution < -0.4 is 4.74 Å². The Bertz CT molecular complexity index is 318. The third-order valence-corrected chi connectivity index (χ3v) is 3.66. The van der Waals surface area contributed by atoms with Crippen LogP contribution in [0.3, 0.4) is 0 Å². The smallest absolute Gasteiger partial charge is 0.137 e. The lowest BCUT2D eigenvalue weighted by Crippen LogP contribution is -2.10. The van der Waals surface area contributed by atoms with Gasteiger partial charge in [-0.2, -0.15) is 0 Å². The summed E-state index contributed by atoms with van der Waals surface area (Å²) in [7, 11) is 0. The number of benzene rings is 1. The van der Waals surface area contributed by atoms with Crippen LogP contribution in [0.1, 0.15) is 38.5 Å². The molecular weight excluding hydrogens is 220 g/mol. The van der Waals surface area contributed by atoms with Crippen LogP contribution in [-0.2, 0) is 0 Å². The maximum absolute atomic E-state index is 6.02. The van der Waals surface area contributed by atoms with Crippen LogP contribution in [0, 0.1) is 5.92 Å². The number of rotatable bonds is 4. The molecule has 0 spiro atoms. The van der Waals surface area contributed by atoms with E-state index in [1.54, 1.807) is 0 Å². The molecular formula is C14H19ClO. The highest BCUT2D eigenvalue weighted by atomic mass is 35.5. The average molecular weight is 239 g/mol. The third-order valence-electron chi connectivity index (χ3n) is 3.35. The molecule has 2 rings (SSSR count). The highest BCUT2D eigenvalue weighted by molar-refractivity contribution is 6.32. The van der Waals surface area contributed by atoms with Crippen LogP contribution in [0.25, 0.3) is 0 Å². The standard InChI is InChI=1S/C14H19ClO/c15-13-8-4-5-9-14(13)16-11-10-12-6-2-1-3-7-12/h4-5,8-9,12H,1-3,6-7,10-11H2. The zero-order valence-electron chi connectivity index (χ0n) is 9.62. The van der Waals surface area contributed by atoms with Gasteiger partial charge in [-0.1, -0.05) is 55.8 Å². The topological polar surface area (TPSA) is 9.23 Å².